The topological polar surface area (TPSA) is 12.9 Å². The molecule has 0 unspecified atom stereocenters. The van der Waals surface area contributed by atoms with Crippen LogP contribution in [0.2, 0.25) is 0 Å². The summed E-state index contributed by atoms with van der Waals surface area (Å²) >= 11 is 0. The molecule has 4 rings (SSSR count). The van der Waals surface area contributed by atoms with Crippen molar-refractivity contribution in [2.45, 2.75) is 0 Å². The Balaban J connectivity index is 1.83. The highest BCUT2D eigenvalue weighted by Gasteiger charge is 2.23. The molecule has 0 aliphatic carbocycles. The van der Waals surface area contributed by atoms with Crippen molar-refractivity contribution in [1.82, 2.24) is 4.98 Å². The van der Waals surface area contributed by atoms with Crippen LogP contribution >= 0.6 is 0 Å². The highest BCUT2D eigenvalue weighted by molar-refractivity contribution is 6.95. The van der Waals surface area contributed by atoms with E-state index in [9.17, 15) is 0 Å². The fraction of sp³-hybridized carbons (Fsp3) is 0. The summed E-state index contributed by atoms with van der Waals surface area (Å²) in [5.41, 5.74) is 5.99. The number of benzene rings is 3. The van der Waals surface area contributed by atoms with Gasteiger partial charge in [0.05, 0.1) is 0 Å². The van der Waals surface area contributed by atoms with Crippen LogP contribution < -0.4 is 16.5 Å². The molecule has 4 aromatic rings. The number of hydrogen-bond donors (Lipinski definition) is 0. The van der Waals surface area contributed by atoms with Gasteiger partial charge in [-0.15, -0.1) is 0 Å². The zero-order valence-electron chi connectivity index (χ0n) is 13.9. The van der Waals surface area contributed by atoms with Crippen molar-refractivity contribution >= 4 is 23.2 Å². The van der Waals surface area contributed by atoms with Gasteiger partial charge in [-0.3, -0.25) is 4.98 Å². The van der Waals surface area contributed by atoms with E-state index in [-0.39, 0.29) is 6.71 Å². The first kappa shape index (κ1) is 15.4. The zero-order chi connectivity index (χ0) is 16.9. The van der Waals surface area contributed by atoms with Crippen molar-refractivity contribution in [3.05, 3.63) is 109 Å². The van der Waals surface area contributed by atoms with E-state index >= 15 is 0 Å². The van der Waals surface area contributed by atoms with Crippen LogP contribution in [0.5, 0.6) is 0 Å². The summed E-state index contributed by atoms with van der Waals surface area (Å²) in [5, 5.41) is 0. The summed E-state index contributed by atoms with van der Waals surface area (Å²) in [5.74, 6) is 0. The quantitative estimate of drug-likeness (QED) is 0.526. The van der Waals surface area contributed by atoms with E-state index in [1.54, 1.807) is 0 Å². The number of nitrogens with zero attached hydrogens (tertiary/aromatic N) is 1. The molecule has 25 heavy (non-hydrogen) atoms. The van der Waals surface area contributed by atoms with Gasteiger partial charge in [-0.25, -0.2) is 0 Å². The van der Waals surface area contributed by atoms with E-state index in [2.05, 4.69) is 97.1 Å². The van der Waals surface area contributed by atoms with E-state index in [4.69, 9.17) is 4.98 Å². The molecular formula is C23H18BN. The van der Waals surface area contributed by atoms with Gasteiger partial charge in [-0.1, -0.05) is 102 Å². The lowest BCUT2D eigenvalue weighted by atomic mass is 9.38. The summed E-state index contributed by atoms with van der Waals surface area (Å²) in [6.45, 7) is 0.131. The van der Waals surface area contributed by atoms with Gasteiger partial charge >= 0.3 is 0 Å². The summed E-state index contributed by atoms with van der Waals surface area (Å²) in [6, 6.07) is 35.9. The highest BCUT2D eigenvalue weighted by Crippen LogP contribution is 2.16. The summed E-state index contributed by atoms with van der Waals surface area (Å²) in [6.07, 6.45) is 1.91. The number of hydrogen-bond acceptors (Lipinski definition) is 1. The molecule has 118 valence electrons. The molecule has 0 atom stereocenters. The molecule has 3 aromatic carbocycles. The third kappa shape index (κ3) is 3.38. The summed E-state index contributed by atoms with van der Waals surface area (Å²) in [7, 11) is 0. The van der Waals surface area contributed by atoms with Crippen LogP contribution in [0.25, 0.3) is 11.1 Å². The average Bonchev–Trinajstić information content (AvgIpc) is 2.71. The summed E-state index contributed by atoms with van der Waals surface area (Å²) in [4.78, 5) is 4.72. The van der Waals surface area contributed by atoms with Gasteiger partial charge in [0.25, 0.3) is 6.71 Å². The molecule has 0 aliphatic rings. The molecule has 0 saturated heterocycles. The standard InChI is InChI=1S/C23H18BN/c1-4-10-19(11-5-1)20-16-17-25-23(18-20)24(21-12-6-2-7-13-21)22-14-8-3-9-15-22/h1-18H. The lowest BCUT2D eigenvalue weighted by Gasteiger charge is -2.15. The van der Waals surface area contributed by atoms with Gasteiger partial charge < -0.3 is 0 Å². The Morgan fingerprint density at radius 3 is 1.60 bits per heavy atom. The predicted molar refractivity (Wildman–Crippen MR) is 107 cm³/mol. The molecule has 0 saturated carbocycles. The molecule has 2 heteroatoms. The first-order valence-corrected chi connectivity index (χ1v) is 8.53. The van der Waals surface area contributed by atoms with Gasteiger partial charge in [0.2, 0.25) is 0 Å². The molecular weight excluding hydrogens is 301 g/mol. The first-order chi connectivity index (χ1) is 12.4. The second-order valence-corrected chi connectivity index (χ2v) is 6.09. The van der Waals surface area contributed by atoms with Crippen LogP contribution in [0.15, 0.2) is 109 Å². The molecule has 0 radical (unpaired) electrons. The van der Waals surface area contributed by atoms with Gasteiger partial charge in [0.1, 0.15) is 0 Å². The van der Waals surface area contributed by atoms with E-state index < -0.39 is 0 Å². The van der Waals surface area contributed by atoms with Crippen LogP contribution in [-0.4, -0.2) is 11.7 Å². The monoisotopic (exact) mass is 319 g/mol. The van der Waals surface area contributed by atoms with Crippen molar-refractivity contribution in [2.24, 2.45) is 0 Å². The molecule has 0 amide bonds. The molecule has 0 aliphatic heterocycles. The van der Waals surface area contributed by atoms with Crippen LogP contribution in [0.1, 0.15) is 0 Å². The maximum Gasteiger partial charge on any atom is 0.265 e. The van der Waals surface area contributed by atoms with Crippen molar-refractivity contribution in [3.8, 4) is 11.1 Å². The molecule has 0 fully saturated rings. The van der Waals surface area contributed by atoms with Crippen molar-refractivity contribution < 1.29 is 0 Å². The molecule has 1 aromatic heterocycles. The number of aromatic nitrogens is 1. The molecule has 0 spiro atoms. The lowest BCUT2D eigenvalue weighted by molar-refractivity contribution is 1.38. The third-order valence-corrected chi connectivity index (χ3v) is 4.45. The lowest BCUT2D eigenvalue weighted by Crippen LogP contribution is -2.53. The van der Waals surface area contributed by atoms with Gasteiger partial charge in [0.15, 0.2) is 0 Å². The first-order valence-electron chi connectivity index (χ1n) is 8.53. The van der Waals surface area contributed by atoms with Crippen LogP contribution in [-0.2, 0) is 0 Å². The molecule has 1 nitrogen and oxygen atoms in total. The molecule has 1 heterocycles. The average molecular weight is 319 g/mol. The minimum absolute atomic E-state index is 0.131. The summed E-state index contributed by atoms with van der Waals surface area (Å²) < 4.78 is 0. The minimum Gasteiger partial charge on any atom is -0.270 e. The Hall–Kier alpha value is -3.13. The SMILES string of the molecule is c1ccc(B(c2ccccc2)c2cc(-c3ccccc3)ccn2)cc1. The molecule has 0 bridgehead atoms. The van der Waals surface area contributed by atoms with Gasteiger partial charge in [-0.05, 0) is 23.3 Å². The third-order valence-electron chi connectivity index (χ3n) is 4.45. The Labute approximate surface area is 149 Å². The van der Waals surface area contributed by atoms with Crippen molar-refractivity contribution in [2.75, 3.05) is 0 Å². The van der Waals surface area contributed by atoms with Crippen LogP contribution in [0.3, 0.4) is 0 Å². The van der Waals surface area contributed by atoms with E-state index in [1.165, 1.54) is 22.1 Å². The smallest absolute Gasteiger partial charge is 0.265 e. The Morgan fingerprint density at radius 1 is 0.520 bits per heavy atom. The highest BCUT2D eigenvalue weighted by atomic mass is 14.6. The Bertz CT molecular complexity index is 898. The zero-order valence-corrected chi connectivity index (χ0v) is 13.9. The minimum atomic E-state index is 0.131. The van der Waals surface area contributed by atoms with E-state index in [0.29, 0.717) is 0 Å². The fourth-order valence-electron chi connectivity index (χ4n) is 3.24. The van der Waals surface area contributed by atoms with Crippen molar-refractivity contribution in [3.63, 3.8) is 0 Å². The maximum absolute atomic E-state index is 4.72. The predicted octanol–water partition coefficient (Wildman–Crippen LogP) is 3.26. The van der Waals surface area contributed by atoms with Crippen LogP contribution in [0.4, 0.5) is 0 Å². The second-order valence-electron chi connectivity index (χ2n) is 6.09. The largest absolute Gasteiger partial charge is 0.270 e. The van der Waals surface area contributed by atoms with Gasteiger partial charge in [0, 0.05) is 11.8 Å². The van der Waals surface area contributed by atoms with E-state index in [0.717, 1.165) is 5.59 Å². The Morgan fingerprint density at radius 2 is 1.04 bits per heavy atom. The van der Waals surface area contributed by atoms with Crippen molar-refractivity contribution in [1.29, 1.82) is 0 Å². The number of rotatable bonds is 4. The van der Waals surface area contributed by atoms with Crippen LogP contribution in [0, 0.1) is 0 Å². The maximum atomic E-state index is 4.72. The number of pyridine rings is 1. The fourth-order valence-corrected chi connectivity index (χ4v) is 3.24. The second kappa shape index (κ2) is 7.19. The Kier molecular flexibility index (Phi) is 4.43. The molecule has 0 N–H and O–H groups in total. The van der Waals surface area contributed by atoms with E-state index in [1.807, 2.05) is 12.3 Å². The normalized spacial score (nSPS) is 10.4. The van der Waals surface area contributed by atoms with Gasteiger partial charge in [-0.2, -0.15) is 0 Å².